The first kappa shape index (κ1) is 12.8. The Kier molecular flexibility index (Phi) is 3.74. The summed E-state index contributed by atoms with van der Waals surface area (Å²) in [5, 5.41) is 8.81. The lowest BCUT2D eigenvalue weighted by atomic mass is 10.0. The van der Waals surface area contributed by atoms with Gasteiger partial charge in [0.15, 0.2) is 0 Å². The highest BCUT2D eigenvalue weighted by Crippen LogP contribution is 2.27. The second-order valence-corrected chi connectivity index (χ2v) is 3.31. The number of halogens is 4. The van der Waals surface area contributed by atoms with Gasteiger partial charge in [-0.25, -0.2) is 4.39 Å². The van der Waals surface area contributed by atoms with Crippen molar-refractivity contribution in [1.82, 2.24) is 0 Å². The number of hydrogen-bond acceptors (Lipinski definition) is 2. The standard InChI is InChI=1S/C10H10F4O2/c1-6(5-15)8-4-7(2-3-9(8)11)16-10(12,13)14/h2-4,6,15H,5H2,1H3. The molecule has 0 fully saturated rings. The number of ether oxygens (including phenoxy) is 1. The van der Waals surface area contributed by atoms with Crippen LogP contribution in [0.15, 0.2) is 18.2 Å². The van der Waals surface area contributed by atoms with E-state index >= 15 is 0 Å². The molecule has 1 unspecified atom stereocenters. The smallest absolute Gasteiger partial charge is 0.406 e. The van der Waals surface area contributed by atoms with Crippen LogP contribution >= 0.6 is 0 Å². The van der Waals surface area contributed by atoms with Crippen LogP contribution in [0, 0.1) is 5.82 Å². The normalized spacial score (nSPS) is 13.6. The van der Waals surface area contributed by atoms with Crippen molar-refractivity contribution in [2.45, 2.75) is 19.2 Å². The Balaban J connectivity index is 2.98. The van der Waals surface area contributed by atoms with Gasteiger partial charge in [0.2, 0.25) is 0 Å². The van der Waals surface area contributed by atoms with Crippen LogP contribution in [0.3, 0.4) is 0 Å². The molecule has 1 rings (SSSR count). The van der Waals surface area contributed by atoms with Gasteiger partial charge < -0.3 is 9.84 Å². The number of rotatable bonds is 3. The first-order valence-electron chi connectivity index (χ1n) is 4.49. The fourth-order valence-electron chi connectivity index (χ4n) is 1.19. The molecule has 0 amide bonds. The highest BCUT2D eigenvalue weighted by atomic mass is 19.4. The summed E-state index contributed by atoms with van der Waals surface area (Å²) in [6.07, 6.45) is -4.81. The van der Waals surface area contributed by atoms with Crippen molar-refractivity contribution in [1.29, 1.82) is 0 Å². The summed E-state index contributed by atoms with van der Waals surface area (Å²) in [4.78, 5) is 0. The van der Waals surface area contributed by atoms with Gasteiger partial charge >= 0.3 is 6.36 Å². The fourth-order valence-corrected chi connectivity index (χ4v) is 1.19. The van der Waals surface area contributed by atoms with Gasteiger partial charge in [0.05, 0.1) is 0 Å². The number of aliphatic hydroxyl groups excluding tert-OH is 1. The zero-order chi connectivity index (χ0) is 12.3. The van der Waals surface area contributed by atoms with Gasteiger partial charge in [0.25, 0.3) is 0 Å². The van der Waals surface area contributed by atoms with E-state index in [0.29, 0.717) is 0 Å². The summed E-state index contributed by atoms with van der Waals surface area (Å²) < 4.78 is 52.5. The first-order valence-corrected chi connectivity index (χ1v) is 4.49. The summed E-state index contributed by atoms with van der Waals surface area (Å²) >= 11 is 0. The molecule has 0 saturated heterocycles. The van der Waals surface area contributed by atoms with Gasteiger partial charge in [-0.05, 0) is 23.8 Å². The third-order valence-corrected chi connectivity index (χ3v) is 2.01. The van der Waals surface area contributed by atoms with Crippen LogP contribution in [-0.4, -0.2) is 18.1 Å². The second-order valence-electron chi connectivity index (χ2n) is 3.31. The minimum atomic E-state index is -4.81. The van der Waals surface area contributed by atoms with Gasteiger partial charge in [-0.1, -0.05) is 6.92 Å². The molecule has 0 aliphatic heterocycles. The highest BCUT2D eigenvalue weighted by Gasteiger charge is 2.31. The molecule has 1 atom stereocenters. The van der Waals surface area contributed by atoms with E-state index in [1.807, 2.05) is 0 Å². The van der Waals surface area contributed by atoms with Crippen molar-refractivity contribution in [2.24, 2.45) is 0 Å². The van der Waals surface area contributed by atoms with E-state index in [1.165, 1.54) is 6.92 Å². The van der Waals surface area contributed by atoms with Gasteiger partial charge in [-0.15, -0.1) is 13.2 Å². The Hall–Kier alpha value is -1.30. The maximum absolute atomic E-state index is 13.2. The van der Waals surface area contributed by atoms with Crippen LogP contribution in [0.4, 0.5) is 17.6 Å². The second kappa shape index (κ2) is 4.69. The highest BCUT2D eigenvalue weighted by molar-refractivity contribution is 5.32. The van der Waals surface area contributed by atoms with Gasteiger partial charge in [0.1, 0.15) is 11.6 Å². The zero-order valence-corrected chi connectivity index (χ0v) is 8.38. The Morgan fingerprint density at radius 2 is 2.00 bits per heavy atom. The molecule has 2 nitrogen and oxygen atoms in total. The third kappa shape index (κ3) is 3.37. The third-order valence-electron chi connectivity index (χ3n) is 2.01. The zero-order valence-electron chi connectivity index (χ0n) is 8.38. The molecule has 0 spiro atoms. The van der Waals surface area contributed by atoms with Gasteiger partial charge in [-0.2, -0.15) is 0 Å². The molecule has 0 saturated carbocycles. The number of hydrogen-bond donors (Lipinski definition) is 1. The van der Waals surface area contributed by atoms with Crippen LogP contribution in [0.5, 0.6) is 5.75 Å². The Bertz CT molecular complexity index is 362. The van der Waals surface area contributed by atoms with Crippen molar-refractivity contribution < 1.29 is 27.4 Å². The van der Waals surface area contributed by atoms with Crippen molar-refractivity contribution in [2.75, 3.05) is 6.61 Å². The van der Waals surface area contributed by atoms with Crippen LogP contribution in [0.25, 0.3) is 0 Å². The lowest BCUT2D eigenvalue weighted by molar-refractivity contribution is -0.274. The Morgan fingerprint density at radius 3 is 2.50 bits per heavy atom. The molecular formula is C10H10F4O2. The van der Waals surface area contributed by atoms with E-state index in [1.54, 1.807) is 0 Å². The van der Waals surface area contributed by atoms with Crippen LogP contribution in [0.1, 0.15) is 18.4 Å². The van der Waals surface area contributed by atoms with E-state index < -0.39 is 23.8 Å². The summed E-state index contributed by atoms with van der Waals surface area (Å²) in [5.74, 6) is -1.75. The molecule has 16 heavy (non-hydrogen) atoms. The molecule has 90 valence electrons. The van der Waals surface area contributed by atoms with Crippen molar-refractivity contribution in [3.63, 3.8) is 0 Å². The number of aliphatic hydroxyl groups is 1. The quantitative estimate of drug-likeness (QED) is 0.820. The average molecular weight is 238 g/mol. The first-order chi connectivity index (χ1) is 7.33. The summed E-state index contributed by atoms with van der Waals surface area (Å²) in [6.45, 7) is 1.14. The summed E-state index contributed by atoms with van der Waals surface area (Å²) in [7, 11) is 0. The van der Waals surface area contributed by atoms with E-state index in [9.17, 15) is 17.6 Å². The minimum Gasteiger partial charge on any atom is -0.406 e. The molecule has 0 aromatic heterocycles. The van der Waals surface area contributed by atoms with E-state index in [-0.39, 0.29) is 12.2 Å². The van der Waals surface area contributed by atoms with Crippen molar-refractivity contribution >= 4 is 0 Å². The van der Waals surface area contributed by atoms with Crippen LogP contribution in [0.2, 0.25) is 0 Å². The predicted octanol–water partition coefficient (Wildman–Crippen LogP) is 2.82. The average Bonchev–Trinajstić information content (AvgIpc) is 2.18. The Morgan fingerprint density at radius 1 is 1.38 bits per heavy atom. The van der Waals surface area contributed by atoms with E-state index in [4.69, 9.17) is 5.11 Å². The summed E-state index contributed by atoms with van der Waals surface area (Å²) in [5.41, 5.74) is -0.00995. The van der Waals surface area contributed by atoms with Gasteiger partial charge in [-0.3, -0.25) is 0 Å². The molecule has 0 aliphatic rings. The predicted molar refractivity (Wildman–Crippen MR) is 48.6 cm³/mol. The monoisotopic (exact) mass is 238 g/mol. The van der Waals surface area contributed by atoms with Crippen molar-refractivity contribution in [3.8, 4) is 5.75 Å². The lowest BCUT2D eigenvalue weighted by Crippen LogP contribution is -2.17. The van der Waals surface area contributed by atoms with Crippen molar-refractivity contribution in [3.05, 3.63) is 29.6 Å². The molecule has 0 bridgehead atoms. The molecule has 0 radical (unpaired) electrons. The maximum atomic E-state index is 13.2. The molecular weight excluding hydrogens is 228 g/mol. The molecule has 0 aliphatic carbocycles. The topological polar surface area (TPSA) is 29.5 Å². The summed E-state index contributed by atoms with van der Waals surface area (Å²) in [6, 6.07) is 2.70. The largest absolute Gasteiger partial charge is 0.573 e. The molecule has 1 aromatic carbocycles. The molecule has 1 aromatic rings. The number of benzene rings is 1. The number of alkyl halides is 3. The molecule has 0 heterocycles. The Labute approximate surface area is 89.5 Å². The maximum Gasteiger partial charge on any atom is 0.573 e. The van der Waals surface area contributed by atoms with Gasteiger partial charge in [0, 0.05) is 12.5 Å². The van der Waals surface area contributed by atoms with E-state index in [0.717, 1.165) is 18.2 Å². The van der Waals surface area contributed by atoms with E-state index in [2.05, 4.69) is 4.74 Å². The lowest BCUT2D eigenvalue weighted by Gasteiger charge is -2.13. The fraction of sp³-hybridized carbons (Fsp3) is 0.400. The molecule has 6 heteroatoms. The SMILES string of the molecule is CC(CO)c1cc(OC(F)(F)F)ccc1F. The minimum absolute atomic E-state index is 0.00995. The molecule has 1 N–H and O–H groups in total. The van der Waals surface area contributed by atoms with Crippen LogP contribution in [-0.2, 0) is 0 Å². The van der Waals surface area contributed by atoms with Crippen LogP contribution < -0.4 is 4.74 Å².